The maximum absolute atomic E-state index is 13.7. The van der Waals surface area contributed by atoms with Gasteiger partial charge in [0.25, 0.3) is 0 Å². The van der Waals surface area contributed by atoms with Gasteiger partial charge in [0.05, 0.1) is 0 Å². The van der Waals surface area contributed by atoms with Crippen molar-refractivity contribution in [3.63, 3.8) is 0 Å². The van der Waals surface area contributed by atoms with Gasteiger partial charge in [-0.15, -0.1) is 6.42 Å². The molecule has 0 saturated carbocycles. The van der Waals surface area contributed by atoms with Gasteiger partial charge in [0, 0.05) is 18.2 Å². The first kappa shape index (κ1) is 30.0. The summed E-state index contributed by atoms with van der Waals surface area (Å²) in [6.45, 7) is 13.1. The molecule has 0 saturated heterocycles. The zero-order valence-electron chi connectivity index (χ0n) is 22.4. The lowest BCUT2D eigenvalue weighted by Crippen LogP contribution is -2.52. The highest BCUT2D eigenvalue weighted by Gasteiger charge is 2.35. The van der Waals surface area contributed by atoms with Crippen LogP contribution in [0.3, 0.4) is 0 Å². The normalized spacial score (nSPS) is 12.9. The minimum absolute atomic E-state index is 0.123. The monoisotopic (exact) mass is 485 g/mol. The second-order valence-corrected chi connectivity index (χ2v) is 10.1. The van der Waals surface area contributed by atoms with E-state index < -0.39 is 23.8 Å². The summed E-state index contributed by atoms with van der Waals surface area (Å²) >= 11 is 0. The lowest BCUT2D eigenvalue weighted by molar-refractivity contribution is -0.142. The molecule has 0 radical (unpaired) electrons. The Bertz CT molecular complexity index is 883. The van der Waals surface area contributed by atoms with Crippen LogP contribution < -0.4 is 10.6 Å². The summed E-state index contributed by atoms with van der Waals surface area (Å²) < 4.78 is 5.32. The molecule has 1 aromatic carbocycles. The number of ether oxygens (including phenoxy) is 1. The van der Waals surface area contributed by atoms with Gasteiger partial charge in [0.1, 0.15) is 17.7 Å². The number of benzene rings is 1. The van der Waals surface area contributed by atoms with E-state index in [-0.39, 0.29) is 17.9 Å². The minimum Gasteiger partial charge on any atom is -0.444 e. The van der Waals surface area contributed by atoms with E-state index in [4.69, 9.17) is 11.2 Å². The zero-order valence-corrected chi connectivity index (χ0v) is 22.4. The van der Waals surface area contributed by atoms with Crippen molar-refractivity contribution in [3.8, 4) is 12.3 Å². The van der Waals surface area contributed by atoms with E-state index >= 15 is 0 Å². The molecule has 0 bridgehead atoms. The lowest BCUT2D eigenvalue weighted by Gasteiger charge is -2.34. The largest absolute Gasteiger partial charge is 0.444 e. The fourth-order valence-corrected chi connectivity index (χ4v) is 3.73. The van der Waals surface area contributed by atoms with Crippen LogP contribution in [-0.2, 0) is 14.3 Å². The molecule has 1 aromatic rings. The first-order chi connectivity index (χ1) is 16.4. The molecule has 35 heavy (non-hydrogen) atoms. The van der Waals surface area contributed by atoms with Gasteiger partial charge < -0.3 is 20.3 Å². The number of amides is 3. The molecular weight excluding hydrogens is 442 g/mol. The Morgan fingerprint density at radius 3 is 2.23 bits per heavy atom. The van der Waals surface area contributed by atoms with Crippen LogP contribution >= 0.6 is 0 Å². The smallest absolute Gasteiger partial charge is 0.408 e. The van der Waals surface area contributed by atoms with Gasteiger partial charge in [-0.3, -0.25) is 9.59 Å². The van der Waals surface area contributed by atoms with Crippen LogP contribution in [0.15, 0.2) is 24.3 Å². The van der Waals surface area contributed by atoms with Crippen LogP contribution in [0.25, 0.3) is 0 Å². The molecule has 0 heterocycles. The Labute approximate surface area is 211 Å². The molecule has 3 amide bonds. The number of carbonyl (C=O) groups excluding carboxylic acids is 3. The van der Waals surface area contributed by atoms with E-state index in [0.717, 1.165) is 32.1 Å². The Balaban J connectivity index is 3.35. The molecule has 0 fully saturated rings. The SMILES string of the molecule is C#Cc1ccccc1C(C(=O)NC(C)C)N(CCCCCCC)C(=O)C(C)NC(=O)OC(C)(C)C. The number of nitrogens with zero attached hydrogens (tertiary/aromatic N) is 1. The number of hydrogen-bond donors (Lipinski definition) is 2. The van der Waals surface area contributed by atoms with Gasteiger partial charge in [-0.1, -0.05) is 56.7 Å². The van der Waals surface area contributed by atoms with Crippen molar-refractivity contribution in [2.24, 2.45) is 0 Å². The molecule has 7 nitrogen and oxygen atoms in total. The van der Waals surface area contributed by atoms with E-state index in [2.05, 4.69) is 23.5 Å². The maximum Gasteiger partial charge on any atom is 0.408 e. The number of rotatable bonds is 12. The summed E-state index contributed by atoms with van der Waals surface area (Å²) in [4.78, 5) is 41.0. The molecule has 2 unspecified atom stereocenters. The van der Waals surface area contributed by atoms with Crippen LogP contribution in [0.2, 0.25) is 0 Å². The van der Waals surface area contributed by atoms with Gasteiger partial charge in [0.2, 0.25) is 11.8 Å². The number of carbonyl (C=O) groups is 3. The molecule has 2 atom stereocenters. The third-order valence-corrected chi connectivity index (χ3v) is 5.29. The number of unbranched alkanes of at least 4 members (excludes halogenated alkanes) is 4. The fourth-order valence-electron chi connectivity index (χ4n) is 3.73. The van der Waals surface area contributed by atoms with E-state index in [1.165, 1.54) is 0 Å². The molecule has 0 spiro atoms. The molecule has 0 aliphatic heterocycles. The number of hydrogen-bond acceptors (Lipinski definition) is 4. The summed E-state index contributed by atoms with van der Waals surface area (Å²) in [5, 5.41) is 5.55. The quantitative estimate of drug-likeness (QED) is 0.324. The molecule has 0 aliphatic rings. The van der Waals surface area contributed by atoms with Crippen LogP contribution in [0.1, 0.15) is 97.7 Å². The van der Waals surface area contributed by atoms with E-state index in [0.29, 0.717) is 17.7 Å². The molecule has 0 aliphatic carbocycles. The number of nitrogens with one attached hydrogen (secondary N) is 2. The highest BCUT2D eigenvalue weighted by Crippen LogP contribution is 2.26. The molecule has 7 heteroatoms. The van der Waals surface area contributed by atoms with Crippen LogP contribution in [0.4, 0.5) is 4.79 Å². The van der Waals surface area contributed by atoms with Crippen LogP contribution in [0, 0.1) is 12.3 Å². The van der Waals surface area contributed by atoms with E-state index in [1.807, 2.05) is 13.8 Å². The lowest BCUT2D eigenvalue weighted by atomic mass is 9.97. The summed E-state index contributed by atoms with van der Waals surface area (Å²) in [5.41, 5.74) is 0.435. The average Bonchev–Trinajstić information content (AvgIpc) is 2.75. The minimum atomic E-state index is -0.925. The predicted octanol–water partition coefficient (Wildman–Crippen LogP) is 4.95. The second kappa shape index (κ2) is 14.4. The first-order valence-corrected chi connectivity index (χ1v) is 12.6. The van der Waals surface area contributed by atoms with Crippen molar-refractivity contribution in [1.82, 2.24) is 15.5 Å². The fraction of sp³-hybridized carbons (Fsp3) is 0.607. The average molecular weight is 486 g/mol. The standard InChI is InChI=1S/C28H43N3O4/c1-9-11-12-13-16-19-31(26(33)21(5)30-27(34)35-28(6,7)8)24(25(32)29-20(3)4)23-18-15-14-17-22(23)10-2/h2,14-15,17-18,20-21,24H,9,11-13,16,19H2,1,3-8H3,(H,29,32)(H,30,34). The van der Waals surface area contributed by atoms with Crippen molar-refractivity contribution < 1.29 is 19.1 Å². The molecule has 1 rings (SSSR count). The first-order valence-electron chi connectivity index (χ1n) is 12.6. The molecule has 194 valence electrons. The predicted molar refractivity (Wildman–Crippen MR) is 140 cm³/mol. The van der Waals surface area contributed by atoms with Gasteiger partial charge in [0.15, 0.2) is 0 Å². The summed E-state index contributed by atoms with van der Waals surface area (Å²) in [6.07, 6.45) is 9.99. The summed E-state index contributed by atoms with van der Waals surface area (Å²) in [7, 11) is 0. The van der Waals surface area contributed by atoms with Crippen molar-refractivity contribution in [1.29, 1.82) is 0 Å². The second-order valence-electron chi connectivity index (χ2n) is 10.1. The molecule has 2 N–H and O–H groups in total. The highest BCUT2D eigenvalue weighted by molar-refractivity contribution is 5.92. The molecular formula is C28H43N3O4. The Morgan fingerprint density at radius 2 is 1.66 bits per heavy atom. The van der Waals surface area contributed by atoms with Crippen molar-refractivity contribution in [3.05, 3.63) is 35.4 Å². The van der Waals surface area contributed by atoms with Crippen molar-refractivity contribution >= 4 is 17.9 Å². The topological polar surface area (TPSA) is 87.7 Å². The van der Waals surface area contributed by atoms with Gasteiger partial charge >= 0.3 is 6.09 Å². The summed E-state index contributed by atoms with van der Waals surface area (Å²) in [6, 6.07) is 5.21. The third-order valence-electron chi connectivity index (χ3n) is 5.29. The Kier molecular flexibility index (Phi) is 12.4. The number of terminal acetylenes is 1. The van der Waals surface area contributed by atoms with Crippen molar-refractivity contribution in [2.45, 2.75) is 104 Å². The Hall–Kier alpha value is -3.01. The third kappa shape index (κ3) is 10.4. The maximum atomic E-state index is 13.7. The van der Waals surface area contributed by atoms with Crippen LogP contribution in [0.5, 0.6) is 0 Å². The van der Waals surface area contributed by atoms with Gasteiger partial charge in [-0.25, -0.2) is 4.79 Å². The van der Waals surface area contributed by atoms with E-state index in [9.17, 15) is 14.4 Å². The van der Waals surface area contributed by atoms with Crippen LogP contribution in [-0.4, -0.2) is 47.0 Å². The van der Waals surface area contributed by atoms with E-state index in [1.54, 1.807) is 56.9 Å². The summed E-state index contributed by atoms with van der Waals surface area (Å²) in [5.74, 6) is 1.96. The Morgan fingerprint density at radius 1 is 1.03 bits per heavy atom. The zero-order chi connectivity index (χ0) is 26.6. The molecule has 0 aromatic heterocycles. The van der Waals surface area contributed by atoms with Gasteiger partial charge in [-0.05, 0) is 59.6 Å². The van der Waals surface area contributed by atoms with Gasteiger partial charge in [-0.2, -0.15) is 0 Å². The number of alkyl carbamates (subject to hydrolysis) is 1. The highest BCUT2D eigenvalue weighted by atomic mass is 16.6. The van der Waals surface area contributed by atoms with Crippen molar-refractivity contribution in [2.75, 3.05) is 6.54 Å².